The van der Waals surface area contributed by atoms with Crippen molar-refractivity contribution in [1.29, 1.82) is 0 Å². The number of hydrogen-bond acceptors (Lipinski definition) is 1. The number of carboxylic acids is 1. The van der Waals surface area contributed by atoms with E-state index in [0.717, 1.165) is 0 Å². The zero-order chi connectivity index (χ0) is 7.14. The van der Waals surface area contributed by atoms with Crippen LogP contribution < -0.4 is 0 Å². The first-order chi connectivity index (χ1) is 4.80. The van der Waals surface area contributed by atoms with Crippen LogP contribution in [0.2, 0.25) is 0 Å². The maximum atomic E-state index is 10.5. The average Bonchev–Trinajstić information content (AvgIpc) is 2.60. The summed E-state index contributed by atoms with van der Waals surface area (Å²) in [5.74, 6) is 0.608. The van der Waals surface area contributed by atoms with Crippen molar-refractivity contribution in [3.8, 4) is 0 Å². The Morgan fingerprint density at radius 1 is 1.20 bits per heavy atom. The van der Waals surface area contributed by atoms with Crippen LogP contribution in [0.15, 0.2) is 0 Å². The normalized spacial score (nSPS) is 44.2. The molecule has 2 heteroatoms. The lowest BCUT2D eigenvalue weighted by atomic mass is 10.0. The van der Waals surface area contributed by atoms with Gasteiger partial charge in [0, 0.05) is 0 Å². The molecule has 0 saturated heterocycles. The number of fused-ring (bicyclic) bond motifs is 1. The smallest absolute Gasteiger partial charge is 0.307 e. The average molecular weight is 140 g/mol. The highest BCUT2D eigenvalue weighted by Gasteiger charge is 2.54. The summed E-state index contributed by atoms with van der Waals surface area (Å²) in [7, 11) is 0. The molecule has 0 aliphatic heterocycles. The predicted octanol–water partition coefficient (Wildman–Crippen LogP) is 1.51. The topological polar surface area (TPSA) is 37.3 Å². The Hall–Kier alpha value is -0.530. The maximum absolute atomic E-state index is 10.5. The number of carbonyl (C=O) groups is 1. The molecule has 1 N–H and O–H groups in total. The van der Waals surface area contributed by atoms with E-state index in [1.807, 2.05) is 0 Å². The van der Waals surface area contributed by atoms with Crippen molar-refractivity contribution in [2.24, 2.45) is 17.8 Å². The first kappa shape index (κ1) is 6.20. The maximum Gasteiger partial charge on any atom is 0.307 e. The van der Waals surface area contributed by atoms with Gasteiger partial charge in [0.15, 0.2) is 0 Å². The monoisotopic (exact) mass is 140 g/mol. The lowest BCUT2D eigenvalue weighted by Gasteiger charge is -2.04. The number of carboxylic acid groups (broad SMARTS) is 1. The minimum Gasteiger partial charge on any atom is -0.481 e. The van der Waals surface area contributed by atoms with Crippen molar-refractivity contribution in [3.63, 3.8) is 0 Å². The quantitative estimate of drug-likeness (QED) is 0.599. The SMILES string of the molecule is O=C(O)C1[C@H]2CCCC[C@@H]12. The van der Waals surface area contributed by atoms with Crippen LogP contribution in [0.1, 0.15) is 25.7 Å². The lowest BCUT2D eigenvalue weighted by Crippen LogP contribution is -1.99. The summed E-state index contributed by atoms with van der Waals surface area (Å²) in [5.41, 5.74) is 0. The molecule has 0 radical (unpaired) electrons. The Morgan fingerprint density at radius 3 is 2.10 bits per heavy atom. The minimum absolute atomic E-state index is 0.0440. The van der Waals surface area contributed by atoms with Gasteiger partial charge in [0.25, 0.3) is 0 Å². The van der Waals surface area contributed by atoms with Crippen molar-refractivity contribution in [3.05, 3.63) is 0 Å². The van der Waals surface area contributed by atoms with Crippen molar-refractivity contribution in [1.82, 2.24) is 0 Å². The molecule has 0 bridgehead atoms. The molecule has 0 amide bonds. The lowest BCUT2D eigenvalue weighted by molar-refractivity contribution is -0.139. The molecule has 56 valence electrons. The van der Waals surface area contributed by atoms with E-state index in [0.29, 0.717) is 11.8 Å². The zero-order valence-electron chi connectivity index (χ0n) is 5.92. The Labute approximate surface area is 60.2 Å². The molecule has 2 aliphatic rings. The Bertz CT molecular complexity index is 153. The largest absolute Gasteiger partial charge is 0.481 e. The number of rotatable bonds is 1. The molecule has 0 aromatic heterocycles. The van der Waals surface area contributed by atoms with E-state index in [9.17, 15) is 4.79 Å². The highest BCUT2D eigenvalue weighted by atomic mass is 16.4. The molecule has 0 heterocycles. The number of hydrogen-bond donors (Lipinski definition) is 1. The fourth-order valence-electron chi connectivity index (χ4n) is 2.36. The Balaban J connectivity index is 1.99. The van der Waals surface area contributed by atoms with Crippen LogP contribution in [0.5, 0.6) is 0 Å². The molecule has 2 saturated carbocycles. The van der Waals surface area contributed by atoms with E-state index < -0.39 is 5.97 Å². The molecule has 2 aliphatic carbocycles. The Kier molecular flexibility index (Phi) is 1.22. The molecular formula is C8H12O2. The van der Waals surface area contributed by atoms with Gasteiger partial charge >= 0.3 is 5.97 Å². The van der Waals surface area contributed by atoms with Gasteiger partial charge in [0.2, 0.25) is 0 Å². The van der Waals surface area contributed by atoms with Gasteiger partial charge in [-0.2, -0.15) is 0 Å². The predicted molar refractivity (Wildman–Crippen MR) is 36.6 cm³/mol. The molecule has 1 unspecified atom stereocenters. The molecule has 2 nitrogen and oxygen atoms in total. The van der Waals surface area contributed by atoms with E-state index in [2.05, 4.69) is 0 Å². The summed E-state index contributed by atoms with van der Waals surface area (Å²) >= 11 is 0. The van der Waals surface area contributed by atoms with Crippen LogP contribution >= 0.6 is 0 Å². The van der Waals surface area contributed by atoms with E-state index in [1.165, 1.54) is 25.7 Å². The van der Waals surface area contributed by atoms with Gasteiger partial charge in [-0.3, -0.25) is 4.79 Å². The van der Waals surface area contributed by atoms with Crippen LogP contribution in [0, 0.1) is 17.8 Å². The summed E-state index contributed by atoms with van der Waals surface area (Å²) in [6.45, 7) is 0. The summed E-state index contributed by atoms with van der Waals surface area (Å²) in [5, 5.41) is 8.68. The van der Waals surface area contributed by atoms with Crippen LogP contribution in [0.25, 0.3) is 0 Å². The zero-order valence-corrected chi connectivity index (χ0v) is 5.92. The second-order valence-corrected chi connectivity index (χ2v) is 3.48. The van der Waals surface area contributed by atoms with E-state index >= 15 is 0 Å². The van der Waals surface area contributed by atoms with E-state index in [1.54, 1.807) is 0 Å². The molecule has 0 aromatic carbocycles. The van der Waals surface area contributed by atoms with Crippen LogP contribution in [-0.4, -0.2) is 11.1 Å². The molecule has 10 heavy (non-hydrogen) atoms. The van der Waals surface area contributed by atoms with Gasteiger partial charge in [-0.1, -0.05) is 12.8 Å². The van der Waals surface area contributed by atoms with Crippen LogP contribution in [0.4, 0.5) is 0 Å². The minimum atomic E-state index is -0.558. The third-order valence-electron chi connectivity index (χ3n) is 2.94. The number of aliphatic carboxylic acids is 1. The fourth-order valence-corrected chi connectivity index (χ4v) is 2.36. The molecule has 2 rings (SSSR count). The van der Waals surface area contributed by atoms with E-state index in [4.69, 9.17) is 5.11 Å². The summed E-state index contributed by atoms with van der Waals surface area (Å²) in [4.78, 5) is 10.5. The van der Waals surface area contributed by atoms with Crippen LogP contribution in [-0.2, 0) is 4.79 Å². The summed E-state index contributed by atoms with van der Waals surface area (Å²) in [6, 6.07) is 0. The third-order valence-corrected chi connectivity index (χ3v) is 2.94. The highest BCUT2D eigenvalue weighted by molar-refractivity contribution is 5.74. The van der Waals surface area contributed by atoms with Gasteiger partial charge in [-0.15, -0.1) is 0 Å². The third kappa shape index (κ3) is 0.746. The molecular weight excluding hydrogens is 128 g/mol. The first-order valence-electron chi connectivity index (χ1n) is 4.03. The fraction of sp³-hybridized carbons (Fsp3) is 0.875. The molecule has 3 atom stereocenters. The van der Waals surface area contributed by atoms with Gasteiger partial charge in [-0.25, -0.2) is 0 Å². The van der Waals surface area contributed by atoms with Gasteiger partial charge in [0.1, 0.15) is 0 Å². The van der Waals surface area contributed by atoms with Crippen molar-refractivity contribution >= 4 is 5.97 Å². The van der Waals surface area contributed by atoms with Gasteiger partial charge < -0.3 is 5.11 Å². The highest BCUT2D eigenvalue weighted by Crippen LogP contribution is 2.55. The first-order valence-corrected chi connectivity index (χ1v) is 4.03. The molecule has 2 fully saturated rings. The van der Waals surface area contributed by atoms with Crippen molar-refractivity contribution < 1.29 is 9.90 Å². The van der Waals surface area contributed by atoms with Crippen molar-refractivity contribution in [2.45, 2.75) is 25.7 Å². The van der Waals surface area contributed by atoms with E-state index in [-0.39, 0.29) is 5.92 Å². The van der Waals surface area contributed by atoms with Gasteiger partial charge in [0.05, 0.1) is 5.92 Å². The van der Waals surface area contributed by atoms with Gasteiger partial charge in [-0.05, 0) is 24.7 Å². The summed E-state index contributed by atoms with van der Waals surface area (Å²) in [6.07, 6.45) is 4.85. The van der Waals surface area contributed by atoms with Crippen LogP contribution in [0.3, 0.4) is 0 Å². The Morgan fingerprint density at radius 2 is 1.70 bits per heavy atom. The summed E-state index contributed by atoms with van der Waals surface area (Å²) < 4.78 is 0. The standard InChI is InChI=1S/C8H12O2/c9-8(10)7-5-3-1-2-4-6(5)7/h5-7H,1-4H2,(H,9,10)/t5-,6+,7?. The molecule has 0 spiro atoms. The second-order valence-electron chi connectivity index (χ2n) is 3.48. The molecule has 0 aromatic rings. The van der Waals surface area contributed by atoms with Crippen molar-refractivity contribution in [2.75, 3.05) is 0 Å². The second kappa shape index (κ2) is 1.97.